The van der Waals surface area contributed by atoms with Crippen LogP contribution in [0.2, 0.25) is 0 Å². The van der Waals surface area contributed by atoms with E-state index in [1.54, 1.807) is 6.20 Å². The summed E-state index contributed by atoms with van der Waals surface area (Å²) in [6, 6.07) is 12.0. The SMILES string of the molecule is N#Cc1cn(Cc2ccccc2)c2nnnc(N)c12. The van der Waals surface area contributed by atoms with E-state index >= 15 is 0 Å². The van der Waals surface area contributed by atoms with E-state index in [1.807, 2.05) is 34.9 Å². The van der Waals surface area contributed by atoms with E-state index < -0.39 is 0 Å². The lowest BCUT2D eigenvalue weighted by molar-refractivity contribution is 0.795. The van der Waals surface area contributed by atoms with Crippen molar-refractivity contribution in [2.24, 2.45) is 0 Å². The van der Waals surface area contributed by atoms with Gasteiger partial charge in [0.1, 0.15) is 6.07 Å². The van der Waals surface area contributed by atoms with Crippen LogP contribution in [0.5, 0.6) is 0 Å². The minimum atomic E-state index is 0.230. The topological polar surface area (TPSA) is 93.4 Å². The lowest BCUT2D eigenvalue weighted by Gasteiger charge is -2.03. The van der Waals surface area contributed by atoms with Crippen molar-refractivity contribution in [1.82, 2.24) is 20.0 Å². The number of fused-ring (bicyclic) bond motifs is 1. The van der Waals surface area contributed by atoms with E-state index in [2.05, 4.69) is 21.5 Å². The van der Waals surface area contributed by atoms with Crippen LogP contribution in [0, 0.1) is 11.3 Å². The highest BCUT2D eigenvalue weighted by Crippen LogP contribution is 2.23. The largest absolute Gasteiger partial charge is 0.381 e. The van der Waals surface area contributed by atoms with Crippen molar-refractivity contribution in [3.05, 3.63) is 47.7 Å². The summed E-state index contributed by atoms with van der Waals surface area (Å²) in [5.41, 5.74) is 7.91. The van der Waals surface area contributed by atoms with Gasteiger partial charge in [0, 0.05) is 12.7 Å². The van der Waals surface area contributed by atoms with E-state index in [9.17, 15) is 0 Å². The average molecular weight is 250 g/mol. The maximum Gasteiger partial charge on any atom is 0.169 e. The highest BCUT2D eigenvalue weighted by molar-refractivity contribution is 5.91. The fourth-order valence-electron chi connectivity index (χ4n) is 2.05. The van der Waals surface area contributed by atoms with Crippen LogP contribution in [0.15, 0.2) is 36.5 Å². The average Bonchev–Trinajstić information content (AvgIpc) is 2.80. The molecular formula is C13H10N6. The Labute approximate surface area is 109 Å². The van der Waals surface area contributed by atoms with Gasteiger partial charge in [-0.25, -0.2) is 0 Å². The zero-order chi connectivity index (χ0) is 13.2. The van der Waals surface area contributed by atoms with Gasteiger partial charge < -0.3 is 10.3 Å². The normalized spacial score (nSPS) is 10.5. The molecule has 0 saturated heterocycles. The molecule has 19 heavy (non-hydrogen) atoms. The van der Waals surface area contributed by atoms with Gasteiger partial charge in [-0.1, -0.05) is 30.3 Å². The number of rotatable bonds is 2. The van der Waals surface area contributed by atoms with Gasteiger partial charge in [-0.15, -0.1) is 10.2 Å². The van der Waals surface area contributed by atoms with Gasteiger partial charge in [0.05, 0.1) is 10.9 Å². The second kappa shape index (κ2) is 4.38. The quantitative estimate of drug-likeness (QED) is 0.740. The smallest absolute Gasteiger partial charge is 0.169 e. The summed E-state index contributed by atoms with van der Waals surface area (Å²) in [6.45, 7) is 0.608. The Morgan fingerprint density at radius 2 is 2.00 bits per heavy atom. The van der Waals surface area contributed by atoms with Crippen LogP contribution in [0.3, 0.4) is 0 Å². The van der Waals surface area contributed by atoms with Gasteiger partial charge in [0.25, 0.3) is 0 Å². The summed E-state index contributed by atoms with van der Waals surface area (Å²) in [6.07, 6.45) is 1.73. The van der Waals surface area contributed by atoms with E-state index in [-0.39, 0.29) is 5.82 Å². The summed E-state index contributed by atoms with van der Waals surface area (Å²) >= 11 is 0. The molecule has 0 atom stereocenters. The number of hydrogen-bond donors (Lipinski definition) is 1. The van der Waals surface area contributed by atoms with Crippen LogP contribution in [0.25, 0.3) is 11.0 Å². The van der Waals surface area contributed by atoms with Crippen molar-refractivity contribution in [3.8, 4) is 6.07 Å². The van der Waals surface area contributed by atoms with E-state index in [0.29, 0.717) is 23.1 Å². The molecule has 0 spiro atoms. The molecule has 2 aromatic heterocycles. The zero-order valence-corrected chi connectivity index (χ0v) is 9.98. The van der Waals surface area contributed by atoms with Gasteiger partial charge in [-0.05, 0) is 10.8 Å². The lowest BCUT2D eigenvalue weighted by atomic mass is 10.2. The van der Waals surface area contributed by atoms with Gasteiger partial charge in [-0.3, -0.25) is 0 Å². The molecule has 0 amide bonds. The Balaban J connectivity index is 2.15. The van der Waals surface area contributed by atoms with Crippen LogP contribution in [0.4, 0.5) is 5.82 Å². The second-order valence-electron chi connectivity index (χ2n) is 4.14. The molecular weight excluding hydrogens is 240 g/mol. The summed E-state index contributed by atoms with van der Waals surface area (Å²) in [4.78, 5) is 0. The number of nitrogens with zero attached hydrogens (tertiary/aromatic N) is 5. The van der Waals surface area contributed by atoms with Crippen molar-refractivity contribution >= 4 is 16.9 Å². The molecule has 0 saturated carbocycles. The minimum Gasteiger partial charge on any atom is -0.381 e. The van der Waals surface area contributed by atoms with Crippen molar-refractivity contribution in [2.75, 3.05) is 5.73 Å². The van der Waals surface area contributed by atoms with Gasteiger partial charge in [0.15, 0.2) is 11.5 Å². The highest BCUT2D eigenvalue weighted by Gasteiger charge is 2.14. The molecule has 2 heterocycles. The number of nitrogens with two attached hydrogens (primary N) is 1. The van der Waals surface area contributed by atoms with Crippen LogP contribution >= 0.6 is 0 Å². The van der Waals surface area contributed by atoms with Crippen LogP contribution in [-0.4, -0.2) is 20.0 Å². The first kappa shape index (κ1) is 11.2. The minimum absolute atomic E-state index is 0.230. The van der Waals surface area contributed by atoms with E-state index in [0.717, 1.165) is 5.56 Å². The molecule has 6 heteroatoms. The summed E-state index contributed by atoms with van der Waals surface area (Å²) < 4.78 is 1.86. The Bertz CT molecular complexity index is 769. The number of nitriles is 1. The third-order valence-corrected chi connectivity index (χ3v) is 2.91. The van der Waals surface area contributed by atoms with Crippen molar-refractivity contribution < 1.29 is 0 Å². The summed E-state index contributed by atoms with van der Waals surface area (Å²) in [5, 5.41) is 21.0. The Hall–Kier alpha value is -2.94. The molecule has 92 valence electrons. The molecule has 0 unspecified atom stereocenters. The molecule has 0 radical (unpaired) electrons. The molecule has 0 fully saturated rings. The molecule has 3 aromatic rings. The monoisotopic (exact) mass is 250 g/mol. The van der Waals surface area contributed by atoms with Crippen molar-refractivity contribution in [3.63, 3.8) is 0 Å². The Morgan fingerprint density at radius 1 is 1.21 bits per heavy atom. The highest BCUT2D eigenvalue weighted by atomic mass is 15.3. The first-order valence-corrected chi connectivity index (χ1v) is 5.71. The second-order valence-corrected chi connectivity index (χ2v) is 4.14. The third-order valence-electron chi connectivity index (χ3n) is 2.91. The Kier molecular flexibility index (Phi) is 2.58. The predicted molar refractivity (Wildman–Crippen MR) is 70.0 cm³/mol. The molecule has 0 aliphatic rings. The molecule has 6 nitrogen and oxygen atoms in total. The fourth-order valence-corrected chi connectivity index (χ4v) is 2.05. The molecule has 3 rings (SSSR count). The fraction of sp³-hybridized carbons (Fsp3) is 0.0769. The number of aromatic nitrogens is 4. The first-order valence-electron chi connectivity index (χ1n) is 5.71. The van der Waals surface area contributed by atoms with Crippen LogP contribution < -0.4 is 5.73 Å². The zero-order valence-electron chi connectivity index (χ0n) is 9.98. The van der Waals surface area contributed by atoms with Crippen LogP contribution in [-0.2, 0) is 6.54 Å². The molecule has 0 aliphatic carbocycles. The maximum atomic E-state index is 9.14. The van der Waals surface area contributed by atoms with Gasteiger partial charge >= 0.3 is 0 Å². The predicted octanol–water partition coefficient (Wildman–Crippen LogP) is 1.33. The number of nitrogen functional groups attached to an aromatic ring is 1. The van der Waals surface area contributed by atoms with Gasteiger partial charge in [-0.2, -0.15) is 5.26 Å². The molecule has 2 N–H and O–H groups in total. The van der Waals surface area contributed by atoms with E-state index in [4.69, 9.17) is 11.0 Å². The standard InChI is InChI=1S/C13H10N6/c14-6-10-8-19(7-9-4-2-1-3-5-9)13-11(10)12(15)16-18-17-13/h1-5,8H,7H2,(H2,15,16,17). The van der Waals surface area contributed by atoms with Crippen molar-refractivity contribution in [1.29, 1.82) is 5.26 Å². The number of benzene rings is 1. The van der Waals surface area contributed by atoms with Gasteiger partial charge in [0.2, 0.25) is 0 Å². The van der Waals surface area contributed by atoms with E-state index in [1.165, 1.54) is 0 Å². The van der Waals surface area contributed by atoms with Crippen LogP contribution in [0.1, 0.15) is 11.1 Å². The first-order chi connectivity index (χ1) is 9.29. The lowest BCUT2D eigenvalue weighted by Crippen LogP contribution is -2.02. The molecule has 0 bridgehead atoms. The van der Waals surface area contributed by atoms with Crippen molar-refractivity contribution in [2.45, 2.75) is 6.54 Å². The maximum absolute atomic E-state index is 9.14. The Morgan fingerprint density at radius 3 is 2.74 bits per heavy atom. The number of anilines is 1. The number of hydrogen-bond acceptors (Lipinski definition) is 5. The third kappa shape index (κ3) is 1.87. The summed E-state index contributed by atoms with van der Waals surface area (Å²) in [5.74, 6) is 0.230. The molecule has 1 aromatic carbocycles. The summed E-state index contributed by atoms with van der Waals surface area (Å²) in [7, 11) is 0. The molecule has 0 aliphatic heterocycles.